The zero-order valence-electron chi connectivity index (χ0n) is 9.75. The fourth-order valence-corrected chi connectivity index (χ4v) is 1.51. The van der Waals surface area contributed by atoms with Crippen LogP contribution in [0.4, 0.5) is 10.1 Å². The maximum absolute atomic E-state index is 13.6. The van der Waals surface area contributed by atoms with Gasteiger partial charge in [-0.05, 0) is 12.1 Å². The van der Waals surface area contributed by atoms with Crippen LogP contribution in [0.5, 0.6) is 11.6 Å². The van der Waals surface area contributed by atoms with Crippen LogP contribution in [0.2, 0.25) is 0 Å². The summed E-state index contributed by atoms with van der Waals surface area (Å²) >= 11 is 0. The first-order valence-corrected chi connectivity index (χ1v) is 5.38. The molecule has 0 atom stereocenters. The molecule has 0 saturated carbocycles. The molecule has 19 heavy (non-hydrogen) atoms. The van der Waals surface area contributed by atoms with Crippen molar-refractivity contribution in [1.29, 1.82) is 0 Å². The van der Waals surface area contributed by atoms with Crippen LogP contribution < -0.4 is 10.5 Å². The summed E-state index contributed by atoms with van der Waals surface area (Å²) in [6, 6.07) is 6.76. The van der Waals surface area contributed by atoms with Crippen molar-refractivity contribution in [3.05, 3.63) is 58.0 Å². The normalized spacial score (nSPS) is 10.2. The Morgan fingerprint density at radius 3 is 2.84 bits per heavy atom. The van der Waals surface area contributed by atoms with Crippen molar-refractivity contribution in [3.8, 4) is 11.6 Å². The SMILES string of the molecule is NCc1cccnc1Oc1c(F)cccc1[N+](=O)[O-]. The Labute approximate surface area is 107 Å². The van der Waals surface area contributed by atoms with Gasteiger partial charge in [-0.1, -0.05) is 12.1 Å². The molecule has 0 aliphatic heterocycles. The fourth-order valence-electron chi connectivity index (χ4n) is 1.51. The summed E-state index contributed by atoms with van der Waals surface area (Å²) in [6.45, 7) is 0.130. The molecule has 2 rings (SSSR count). The highest BCUT2D eigenvalue weighted by Gasteiger charge is 2.21. The third-order valence-corrected chi connectivity index (χ3v) is 2.41. The number of nitrogens with zero attached hydrogens (tertiary/aromatic N) is 2. The van der Waals surface area contributed by atoms with Gasteiger partial charge in [-0.2, -0.15) is 0 Å². The van der Waals surface area contributed by atoms with E-state index in [0.29, 0.717) is 5.56 Å². The summed E-state index contributed by atoms with van der Waals surface area (Å²) < 4.78 is 18.9. The van der Waals surface area contributed by atoms with Crippen LogP contribution >= 0.6 is 0 Å². The minimum Gasteiger partial charge on any atom is -0.428 e. The van der Waals surface area contributed by atoms with Crippen molar-refractivity contribution >= 4 is 5.69 Å². The summed E-state index contributed by atoms with van der Waals surface area (Å²) in [5, 5.41) is 10.8. The number of halogens is 1. The van der Waals surface area contributed by atoms with E-state index < -0.39 is 22.2 Å². The van der Waals surface area contributed by atoms with Gasteiger partial charge in [-0.15, -0.1) is 0 Å². The van der Waals surface area contributed by atoms with Gasteiger partial charge in [0.2, 0.25) is 11.6 Å². The Morgan fingerprint density at radius 2 is 2.16 bits per heavy atom. The predicted molar refractivity (Wildman–Crippen MR) is 65.3 cm³/mol. The molecule has 0 aliphatic rings. The molecule has 1 heterocycles. The molecule has 1 aromatic carbocycles. The second-order valence-corrected chi connectivity index (χ2v) is 3.62. The second kappa shape index (κ2) is 5.40. The smallest absolute Gasteiger partial charge is 0.314 e. The lowest BCUT2D eigenvalue weighted by molar-refractivity contribution is -0.385. The van der Waals surface area contributed by atoms with Crippen LogP contribution in [-0.4, -0.2) is 9.91 Å². The molecule has 0 radical (unpaired) electrons. The standard InChI is InChI=1S/C12H10FN3O3/c13-9-4-1-5-10(16(17)18)11(9)19-12-8(7-14)3-2-6-15-12/h1-6H,7,14H2. The fraction of sp³-hybridized carbons (Fsp3) is 0.0833. The molecule has 6 nitrogen and oxygen atoms in total. The van der Waals surface area contributed by atoms with Crippen LogP contribution in [-0.2, 0) is 6.54 Å². The number of rotatable bonds is 4. The van der Waals surface area contributed by atoms with Gasteiger partial charge in [0.05, 0.1) is 4.92 Å². The van der Waals surface area contributed by atoms with Gasteiger partial charge in [0.1, 0.15) is 0 Å². The minimum atomic E-state index is -0.831. The first-order valence-electron chi connectivity index (χ1n) is 5.38. The van der Waals surface area contributed by atoms with Gasteiger partial charge in [-0.25, -0.2) is 9.37 Å². The average Bonchev–Trinajstić information content (AvgIpc) is 2.41. The number of benzene rings is 1. The molecule has 0 aliphatic carbocycles. The van der Waals surface area contributed by atoms with Crippen LogP contribution in [0.25, 0.3) is 0 Å². The first kappa shape index (κ1) is 12.9. The van der Waals surface area contributed by atoms with Crippen LogP contribution in [0, 0.1) is 15.9 Å². The van der Waals surface area contributed by atoms with E-state index in [1.165, 1.54) is 12.3 Å². The van der Waals surface area contributed by atoms with E-state index in [4.69, 9.17) is 10.5 Å². The molecule has 0 unspecified atom stereocenters. The third-order valence-electron chi connectivity index (χ3n) is 2.41. The molecule has 2 aromatic rings. The van der Waals surface area contributed by atoms with E-state index >= 15 is 0 Å². The lowest BCUT2D eigenvalue weighted by Crippen LogP contribution is -2.03. The Hall–Kier alpha value is -2.54. The van der Waals surface area contributed by atoms with Gasteiger partial charge >= 0.3 is 5.69 Å². The van der Waals surface area contributed by atoms with Gasteiger partial charge in [-0.3, -0.25) is 10.1 Å². The molecular formula is C12H10FN3O3. The number of hydrogen-bond donors (Lipinski definition) is 1. The monoisotopic (exact) mass is 263 g/mol. The number of para-hydroxylation sites is 1. The van der Waals surface area contributed by atoms with Crippen LogP contribution in [0.15, 0.2) is 36.5 Å². The van der Waals surface area contributed by atoms with Crippen LogP contribution in [0.1, 0.15) is 5.56 Å². The summed E-state index contributed by atoms with van der Waals surface area (Å²) in [7, 11) is 0. The maximum Gasteiger partial charge on any atom is 0.314 e. The van der Waals surface area contributed by atoms with E-state index in [1.807, 2.05) is 0 Å². The number of hydrogen-bond acceptors (Lipinski definition) is 5. The van der Waals surface area contributed by atoms with E-state index in [9.17, 15) is 14.5 Å². The van der Waals surface area contributed by atoms with Crippen molar-refractivity contribution in [2.24, 2.45) is 5.73 Å². The number of nitrogens with two attached hydrogens (primary N) is 1. The molecule has 0 spiro atoms. The lowest BCUT2D eigenvalue weighted by Gasteiger charge is -2.09. The topological polar surface area (TPSA) is 91.3 Å². The summed E-state index contributed by atoms with van der Waals surface area (Å²) in [6.07, 6.45) is 1.43. The molecule has 0 amide bonds. The number of nitro benzene ring substituents is 1. The molecule has 0 fully saturated rings. The highest BCUT2D eigenvalue weighted by atomic mass is 19.1. The molecule has 0 saturated heterocycles. The quantitative estimate of drug-likeness (QED) is 0.675. The second-order valence-electron chi connectivity index (χ2n) is 3.62. The van der Waals surface area contributed by atoms with Crippen molar-refractivity contribution in [3.63, 3.8) is 0 Å². The molecule has 2 N–H and O–H groups in total. The summed E-state index contributed by atoms with van der Waals surface area (Å²) in [5.41, 5.74) is 5.56. The van der Waals surface area contributed by atoms with Crippen LogP contribution in [0.3, 0.4) is 0 Å². The van der Waals surface area contributed by atoms with Crippen molar-refractivity contribution in [1.82, 2.24) is 4.98 Å². The summed E-state index contributed by atoms with van der Waals surface area (Å²) in [4.78, 5) is 14.0. The van der Waals surface area contributed by atoms with E-state index in [0.717, 1.165) is 12.1 Å². The minimum absolute atomic E-state index is 0.0539. The number of pyridine rings is 1. The number of ether oxygens (including phenoxy) is 1. The highest BCUT2D eigenvalue weighted by Crippen LogP contribution is 2.33. The van der Waals surface area contributed by atoms with E-state index in [-0.39, 0.29) is 12.4 Å². The van der Waals surface area contributed by atoms with Gasteiger partial charge in [0.25, 0.3) is 0 Å². The number of nitro groups is 1. The first-order chi connectivity index (χ1) is 9.13. The Bertz CT molecular complexity index is 619. The molecule has 98 valence electrons. The zero-order chi connectivity index (χ0) is 13.8. The molecular weight excluding hydrogens is 253 g/mol. The third kappa shape index (κ3) is 2.66. The molecule has 0 bridgehead atoms. The van der Waals surface area contributed by atoms with Gasteiger partial charge in [0, 0.05) is 24.4 Å². The highest BCUT2D eigenvalue weighted by molar-refractivity contribution is 5.49. The largest absolute Gasteiger partial charge is 0.428 e. The Morgan fingerprint density at radius 1 is 1.37 bits per heavy atom. The molecule has 1 aromatic heterocycles. The maximum atomic E-state index is 13.6. The zero-order valence-corrected chi connectivity index (χ0v) is 9.75. The van der Waals surface area contributed by atoms with Gasteiger partial charge in [0.15, 0.2) is 5.82 Å². The van der Waals surface area contributed by atoms with Gasteiger partial charge < -0.3 is 10.5 Å². The Kier molecular flexibility index (Phi) is 3.67. The Balaban J connectivity index is 2.46. The van der Waals surface area contributed by atoms with Crippen molar-refractivity contribution in [2.75, 3.05) is 0 Å². The summed E-state index contributed by atoms with van der Waals surface area (Å²) in [5.74, 6) is -1.25. The van der Waals surface area contributed by atoms with Crippen molar-refractivity contribution in [2.45, 2.75) is 6.54 Å². The van der Waals surface area contributed by atoms with Crippen molar-refractivity contribution < 1.29 is 14.1 Å². The average molecular weight is 263 g/mol. The molecule has 7 heteroatoms. The predicted octanol–water partition coefficient (Wildman–Crippen LogP) is 2.38. The lowest BCUT2D eigenvalue weighted by atomic mass is 10.2. The van der Waals surface area contributed by atoms with E-state index in [1.54, 1.807) is 12.1 Å². The van der Waals surface area contributed by atoms with E-state index in [2.05, 4.69) is 4.98 Å². The number of aromatic nitrogens is 1.